The molecule has 0 unspecified atom stereocenters. The van der Waals surface area contributed by atoms with Crippen LogP contribution in [0.15, 0.2) is 48.5 Å². The highest BCUT2D eigenvalue weighted by Crippen LogP contribution is 2.29. The van der Waals surface area contributed by atoms with E-state index in [9.17, 15) is 27.6 Å². The van der Waals surface area contributed by atoms with Crippen LogP contribution in [0.5, 0.6) is 0 Å². The summed E-state index contributed by atoms with van der Waals surface area (Å²) in [4.78, 5) is 34.9. The van der Waals surface area contributed by atoms with Crippen LogP contribution in [-0.2, 0) is 27.0 Å². The molecule has 0 fully saturated rings. The first-order valence-electron chi connectivity index (χ1n) is 7.99. The fourth-order valence-corrected chi connectivity index (χ4v) is 2.17. The maximum atomic E-state index is 12.7. The summed E-state index contributed by atoms with van der Waals surface area (Å²) in [6, 6.07) is 10.0. The lowest BCUT2D eigenvalue weighted by Gasteiger charge is -2.09. The van der Waals surface area contributed by atoms with Crippen molar-refractivity contribution in [1.82, 2.24) is 5.32 Å². The molecule has 28 heavy (non-hydrogen) atoms. The number of benzene rings is 2. The van der Waals surface area contributed by atoms with Gasteiger partial charge in [-0.25, -0.2) is 9.59 Å². The van der Waals surface area contributed by atoms with Gasteiger partial charge in [-0.15, -0.1) is 0 Å². The molecule has 0 heterocycles. The second-order valence-corrected chi connectivity index (χ2v) is 5.62. The zero-order valence-corrected chi connectivity index (χ0v) is 14.7. The van der Waals surface area contributed by atoms with Crippen LogP contribution in [0.2, 0.25) is 0 Å². The molecule has 6 nitrogen and oxygen atoms in total. The highest BCUT2D eigenvalue weighted by Gasteiger charge is 2.31. The van der Waals surface area contributed by atoms with Gasteiger partial charge in [0.2, 0.25) is 0 Å². The van der Waals surface area contributed by atoms with Crippen LogP contribution in [-0.4, -0.2) is 31.6 Å². The fourth-order valence-electron chi connectivity index (χ4n) is 2.17. The van der Waals surface area contributed by atoms with Crippen molar-refractivity contribution in [2.24, 2.45) is 0 Å². The van der Waals surface area contributed by atoms with E-state index < -0.39 is 36.2 Å². The first-order valence-corrected chi connectivity index (χ1v) is 7.99. The zero-order chi connectivity index (χ0) is 20.7. The van der Waals surface area contributed by atoms with Crippen LogP contribution < -0.4 is 5.32 Å². The highest BCUT2D eigenvalue weighted by molar-refractivity contribution is 5.91. The number of rotatable bonds is 6. The molecule has 1 amide bonds. The minimum atomic E-state index is -4.59. The quantitative estimate of drug-likeness (QED) is 0.761. The molecule has 0 saturated carbocycles. The topological polar surface area (TPSA) is 81.7 Å². The van der Waals surface area contributed by atoms with E-state index in [1.54, 1.807) is 12.1 Å². The maximum absolute atomic E-state index is 12.7. The molecule has 0 aliphatic heterocycles. The van der Waals surface area contributed by atoms with Gasteiger partial charge in [0.05, 0.1) is 23.8 Å². The van der Waals surface area contributed by atoms with Crippen molar-refractivity contribution in [1.29, 1.82) is 0 Å². The molecule has 0 aliphatic rings. The predicted octanol–water partition coefficient (Wildman–Crippen LogP) is 2.97. The van der Waals surface area contributed by atoms with E-state index in [1.165, 1.54) is 25.3 Å². The van der Waals surface area contributed by atoms with Crippen molar-refractivity contribution in [2.45, 2.75) is 12.7 Å². The number of carbonyl (C=O) groups is 3. The number of hydrogen-bond donors (Lipinski definition) is 1. The van der Waals surface area contributed by atoms with Gasteiger partial charge >= 0.3 is 18.1 Å². The van der Waals surface area contributed by atoms with E-state index in [1.807, 2.05) is 0 Å². The first kappa shape index (κ1) is 20.9. The molecular weight excluding hydrogens is 379 g/mol. The Morgan fingerprint density at radius 3 is 2.25 bits per heavy atom. The number of esters is 2. The SMILES string of the molecule is COC(=O)c1ccc(CNC(=O)COC(=O)c2cccc(C(F)(F)F)c2)cc1. The minimum absolute atomic E-state index is 0.112. The molecule has 0 atom stereocenters. The van der Waals surface area contributed by atoms with Crippen molar-refractivity contribution >= 4 is 17.8 Å². The molecule has 0 spiro atoms. The van der Waals surface area contributed by atoms with Crippen LogP contribution in [0, 0.1) is 0 Å². The third-order valence-corrected chi connectivity index (χ3v) is 3.62. The number of halogens is 3. The van der Waals surface area contributed by atoms with Gasteiger partial charge in [0.15, 0.2) is 6.61 Å². The second-order valence-electron chi connectivity index (χ2n) is 5.62. The monoisotopic (exact) mass is 395 g/mol. The lowest BCUT2D eigenvalue weighted by Crippen LogP contribution is -2.28. The maximum Gasteiger partial charge on any atom is 0.416 e. The van der Waals surface area contributed by atoms with E-state index in [0.29, 0.717) is 17.2 Å². The molecule has 2 aromatic carbocycles. The average Bonchev–Trinajstić information content (AvgIpc) is 2.69. The molecule has 9 heteroatoms. The van der Waals surface area contributed by atoms with Crippen LogP contribution in [0.4, 0.5) is 13.2 Å². The second kappa shape index (κ2) is 9.03. The lowest BCUT2D eigenvalue weighted by atomic mass is 10.1. The normalized spacial score (nSPS) is 10.9. The van der Waals surface area contributed by atoms with Crippen molar-refractivity contribution in [3.8, 4) is 0 Å². The van der Waals surface area contributed by atoms with Gasteiger partial charge in [-0.05, 0) is 35.9 Å². The molecule has 0 aromatic heterocycles. The molecule has 148 valence electrons. The van der Waals surface area contributed by atoms with Gasteiger partial charge < -0.3 is 14.8 Å². The fraction of sp³-hybridized carbons (Fsp3) is 0.211. The van der Waals surface area contributed by atoms with Crippen LogP contribution in [0.25, 0.3) is 0 Å². The van der Waals surface area contributed by atoms with Crippen molar-refractivity contribution < 1.29 is 37.0 Å². The Hall–Kier alpha value is -3.36. The van der Waals surface area contributed by atoms with Crippen molar-refractivity contribution in [2.75, 3.05) is 13.7 Å². The standard InChI is InChI=1S/C19H16F3NO5/c1-27-17(25)13-7-5-12(6-8-13)10-23-16(24)11-28-18(26)14-3-2-4-15(9-14)19(20,21)22/h2-9H,10-11H2,1H3,(H,23,24). The van der Waals surface area contributed by atoms with Crippen molar-refractivity contribution in [3.63, 3.8) is 0 Å². The third kappa shape index (κ3) is 5.83. The smallest absolute Gasteiger partial charge is 0.416 e. The van der Waals surface area contributed by atoms with Crippen LogP contribution in [0.1, 0.15) is 31.8 Å². The third-order valence-electron chi connectivity index (χ3n) is 3.62. The van der Waals surface area contributed by atoms with Gasteiger partial charge in [0.25, 0.3) is 5.91 Å². The van der Waals surface area contributed by atoms with E-state index >= 15 is 0 Å². The lowest BCUT2D eigenvalue weighted by molar-refractivity contribution is -0.137. The Kier molecular flexibility index (Phi) is 6.75. The van der Waals surface area contributed by atoms with Gasteiger partial charge in [-0.2, -0.15) is 13.2 Å². The summed E-state index contributed by atoms with van der Waals surface area (Å²) < 4.78 is 47.3. The Balaban J connectivity index is 1.84. The number of ether oxygens (including phenoxy) is 2. The summed E-state index contributed by atoms with van der Waals surface area (Å²) in [6.07, 6.45) is -4.59. The van der Waals surface area contributed by atoms with Gasteiger partial charge in [0, 0.05) is 6.54 Å². The number of methoxy groups -OCH3 is 1. The molecule has 0 aliphatic carbocycles. The molecule has 2 rings (SSSR count). The summed E-state index contributed by atoms with van der Waals surface area (Å²) in [5.74, 6) is -2.15. The molecular formula is C19H16F3NO5. The number of nitrogens with one attached hydrogen (secondary N) is 1. The number of amides is 1. The number of carbonyl (C=O) groups excluding carboxylic acids is 3. The highest BCUT2D eigenvalue weighted by atomic mass is 19.4. The minimum Gasteiger partial charge on any atom is -0.465 e. The Labute approximate surface area is 158 Å². The van der Waals surface area contributed by atoms with E-state index in [-0.39, 0.29) is 12.1 Å². The van der Waals surface area contributed by atoms with E-state index in [0.717, 1.165) is 12.1 Å². The summed E-state index contributed by atoms with van der Waals surface area (Å²) in [5, 5.41) is 2.49. The summed E-state index contributed by atoms with van der Waals surface area (Å²) in [5.41, 5.74) is -0.249. The summed E-state index contributed by atoms with van der Waals surface area (Å²) in [7, 11) is 1.26. The number of alkyl halides is 3. The van der Waals surface area contributed by atoms with E-state index in [2.05, 4.69) is 10.1 Å². The summed E-state index contributed by atoms with van der Waals surface area (Å²) >= 11 is 0. The van der Waals surface area contributed by atoms with Gasteiger partial charge in [-0.3, -0.25) is 4.79 Å². The van der Waals surface area contributed by atoms with Gasteiger partial charge in [0.1, 0.15) is 0 Å². The Morgan fingerprint density at radius 2 is 1.64 bits per heavy atom. The largest absolute Gasteiger partial charge is 0.465 e. The zero-order valence-electron chi connectivity index (χ0n) is 14.7. The average molecular weight is 395 g/mol. The number of hydrogen-bond acceptors (Lipinski definition) is 5. The van der Waals surface area contributed by atoms with E-state index in [4.69, 9.17) is 4.74 Å². The van der Waals surface area contributed by atoms with Crippen molar-refractivity contribution in [3.05, 3.63) is 70.8 Å². The molecule has 2 aromatic rings. The summed E-state index contributed by atoms with van der Waals surface area (Å²) in [6.45, 7) is -0.531. The first-order chi connectivity index (χ1) is 13.2. The van der Waals surface area contributed by atoms with Crippen LogP contribution >= 0.6 is 0 Å². The molecule has 0 bridgehead atoms. The Bertz CT molecular complexity index is 863. The molecule has 0 saturated heterocycles. The molecule has 0 radical (unpaired) electrons. The molecule has 1 N–H and O–H groups in total. The van der Waals surface area contributed by atoms with Crippen LogP contribution in [0.3, 0.4) is 0 Å². The van der Waals surface area contributed by atoms with Gasteiger partial charge in [-0.1, -0.05) is 18.2 Å². The Morgan fingerprint density at radius 1 is 0.964 bits per heavy atom. The predicted molar refractivity (Wildman–Crippen MR) is 91.4 cm³/mol.